The minimum atomic E-state index is -1.23. The Hall–Kier alpha value is -3.26. The third-order valence-electron chi connectivity index (χ3n) is 4.96. The molecule has 0 aliphatic carbocycles. The monoisotopic (exact) mass is 463 g/mol. The molecule has 1 N–H and O–H groups in total. The van der Waals surface area contributed by atoms with Crippen LogP contribution in [0.15, 0.2) is 6.33 Å². The van der Waals surface area contributed by atoms with Gasteiger partial charge in [0, 0.05) is 26.5 Å². The lowest BCUT2D eigenvalue weighted by molar-refractivity contribution is -0.116. The molecule has 10 nitrogen and oxygen atoms in total. The molecule has 0 bridgehead atoms. The largest absolute Gasteiger partial charge is 0.508 e. The van der Waals surface area contributed by atoms with Gasteiger partial charge in [0.25, 0.3) is 0 Å². The maximum atomic E-state index is 14.1. The van der Waals surface area contributed by atoms with E-state index >= 15 is 0 Å². The van der Waals surface area contributed by atoms with E-state index in [1.54, 1.807) is 4.57 Å². The summed E-state index contributed by atoms with van der Waals surface area (Å²) in [5.41, 5.74) is -0.788. The first-order valence-corrected chi connectivity index (χ1v) is 10.9. The van der Waals surface area contributed by atoms with Gasteiger partial charge in [0.05, 0.1) is 12.9 Å². The molecule has 2 aromatic rings. The van der Waals surface area contributed by atoms with Crippen molar-refractivity contribution in [2.75, 3.05) is 25.6 Å². The predicted molar refractivity (Wildman–Crippen MR) is 119 cm³/mol. The highest BCUT2D eigenvalue weighted by Crippen LogP contribution is 2.22. The molecular weight excluding hydrogens is 433 g/mol. The Labute approximate surface area is 192 Å². The lowest BCUT2D eigenvalue weighted by atomic mass is 10.0. The highest BCUT2D eigenvalue weighted by Gasteiger charge is 2.30. The van der Waals surface area contributed by atoms with Crippen LogP contribution in [0.25, 0.3) is 11.2 Å². The van der Waals surface area contributed by atoms with Crippen molar-refractivity contribution in [1.29, 1.82) is 0 Å². The Bertz CT molecular complexity index is 989. The summed E-state index contributed by atoms with van der Waals surface area (Å²) in [6, 6.07) is 0. The Morgan fingerprint density at radius 1 is 1.24 bits per heavy atom. The van der Waals surface area contributed by atoms with Gasteiger partial charge >= 0.3 is 12.2 Å². The zero-order chi connectivity index (χ0) is 24.3. The molecule has 0 saturated heterocycles. The van der Waals surface area contributed by atoms with E-state index in [1.165, 1.54) is 13.4 Å². The SMILES string of the molecule is C#CC(CCn1cnc2c(NC(=O)CCCCC)nc(F)nc21)(COC(=O)OCCC)OC. The second-order valence-corrected chi connectivity index (χ2v) is 7.44. The Kier molecular flexibility index (Phi) is 10.00. The van der Waals surface area contributed by atoms with Crippen LogP contribution in [-0.2, 0) is 25.5 Å². The third kappa shape index (κ3) is 7.39. The van der Waals surface area contributed by atoms with Crippen LogP contribution in [0.1, 0.15) is 52.4 Å². The molecule has 180 valence electrons. The molecule has 2 heterocycles. The number of carbonyl (C=O) groups excluding carboxylic acids is 2. The molecule has 11 heteroatoms. The number of carbonyl (C=O) groups is 2. The summed E-state index contributed by atoms with van der Waals surface area (Å²) in [4.78, 5) is 35.5. The van der Waals surface area contributed by atoms with Crippen LogP contribution in [0.4, 0.5) is 15.0 Å². The second kappa shape index (κ2) is 12.7. The number of imidazole rings is 1. The van der Waals surface area contributed by atoms with Crippen LogP contribution in [0.3, 0.4) is 0 Å². The third-order valence-corrected chi connectivity index (χ3v) is 4.96. The van der Waals surface area contributed by atoms with Crippen LogP contribution < -0.4 is 5.32 Å². The fraction of sp³-hybridized carbons (Fsp3) is 0.591. The molecule has 0 saturated carbocycles. The van der Waals surface area contributed by atoms with E-state index in [0.717, 1.165) is 19.3 Å². The van der Waals surface area contributed by atoms with Crippen LogP contribution >= 0.6 is 0 Å². The van der Waals surface area contributed by atoms with Gasteiger partial charge in [-0.05, 0) is 12.8 Å². The van der Waals surface area contributed by atoms with E-state index in [9.17, 15) is 14.0 Å². The molecule has 33 heavy (non-hydrogen) atoms. The van der Waals surface area contributed by atoms with E-state index < -0.39 is 17.8 Å². The van der Waals surface area contributed by atoms with Gasteiger partial charge in [-0.2, -0.15) is 14.4 Å². The number of fused-ring (bicyclic) bond motifs is 1. The number of halogens is 1. The maximum absolute atomic E-state index is 14.1. The van der Waals surface area contributed by atoms with Gasteiger partial charge in [0.2, 0.25) is 5.91 Å². The first-order chi connectivity index (χ1) is 15.9. The lowest BCUT2D eigenvalue weighted by Crippen LogP contribution is -2.37. The van der Waals surface area contributed by atoms with E-state index in [0.29, 0.717) is 12.8 Å². The summed E-state index contributed by atoms with van der Waals surface area (Å²) in [7, 11) is 1.40. The lowest BCUT2D eigenvalue weighted by Gasteiger charge is -2.26. The van der Waals surface area contributed by atoms with Gasteiger partial charge in [-0.25, -0.2) is 9.78 Å². The topological polar surface area (TPSA) is 117 Å². The maximum Gasteiger partial charge on any atom is 0.508 e. The van der Waals surface area contributed by atoms with Crippen LogP contribution in [0.2, 0.25) is 0 Å². The fourth-order valence-corrected chi connectivity index (χ4v) is 3.01. The number of anilines is 1. The molecule has 2 rings (SSSR count). The molecule has 0 aliphatic heterocycles. The minimum Gasteiger partial charge on any atom is -0.434 e. The number of ether oxygens (including phenoxy) is 3. The molecule has 1 atom stereocenters. The minimum absolute atomic E-state index is 0.00899. The van der Waals surface area contributed by atoms with Gasteiger partial charge in [-0.1, -0.05) is 32.6 Å². The van der Waals surface area contributed by atoms with Crippen molar-refractivity contribution >= 4 is 29.0 Å². The zero-order valence-corrected chi connectivity index (χ0v) is 19.2. The average Bonchev–Trinajstić information content (AvgIpc) is 3.21. The van der Waals surface area contributed by atoms with Crippen molar-refractivity contribution in [1.82, 2.24) is 19.5 Å². The number of nitrogens with zero attached hydrogens (tertiary/aromatic N) is 4. The van der Waals surface area contributed by atoms with Crippen molar-refractivity contribution < 1.29 is 28.2 Å². The number of nitrogens with one attached hydrogen (secondary N) is 1. The van der Waals surface area contributed by atoms with Gasteiger partial charge in [-0.15, -0.1) is 6.42 Å². The number of hydrogen-bond acceptors (Lipinski definition) is 8. The van der Waals surface area contributed by atoms with E-state index in [-0.39, 0.29) is 49.1 Å². The standard InChI is InChI=1S/C22H30FN5O5/c1-5-8-9-10-16(29)25-18-17-19(27-20(23)26-18)28(15-24-17)12-11-22(7-3,31-4)14-33-21(30)32-13-6-2/h3,15H,5-6,8-14H2,1-2,4H3,(H,25,26,27,29). The van der Waals surface area contributed by atoms with E-state index in [1.807, 2.05) is 13.8 Å². The quantitative estimate of drug-likeness (QED) is 0.208. The summed E-state index contributed by atoms with van der Waals surface area (Å²) < 4.78 is 31.0. The summed E-state index contributed by atoms with van der Waals surface area (Å²) in [5, 5.41) is 2.61. The Morgan fingerprint density at radius 2 is 2.03 bits per heavy atom. The zero-order valence-electron chi connectivity index (χ0n) is 19.2. The van der Waals surface area contributed by atoms with Gasteiger partial charge in [0.15, 0.2) is 22.6 Å². The number of rotatable bonds is 13. The Morgan fingerprint density at radius 3 is 2.70 bits per heavy atom. The molecular formula is C22H30FN5O5. The van der Waals surface area contributed by atoms with Gasteiger partial charge in [0.1, 0.15) is 6.61 Å². The number of terminal acetylenes is 1. The predicted octanol–water partition coefficient (Wildman–Crippen LogP) is 3.46. The molecule has 0 aliphatic rings. The average molecular weight is 464 g/mol. The van der Waals surface area contributed by atoms with Crippen molar-refractivity contribution in [2.45, 2.75) is 64.5 Å². The van der Waals surface area contributed by atoms with Crippen molar-refractivity contribution in [2.24, 2.45) is 0 Å². The van der Waals surface area contributed by atoms with Crippen molar-refractivity contribution in [3.8, 4) is 12.3 Å². The van der Waals surface area contributed by atoms with Crippen LogP contribution in [0.5, 0.6) is 0 Å². The van der Waals surface area contributed by atoms with Gasteiger partial charge in [-0.3, -0.25) is 4.79 Å². The molecule has 0 aromatic carbocycles. The summed E-state index contributed by atoms with van der Waals surface area (Å²) in [5.74, 6) is 2.25. The first kappa shape index (κ1) is 26.0. The van der Waals surface area contributed by atoms with E-state index in [4.69, 9.17) is 20.6 Å². The number of amides is 1. The second-order valence-electron chi connectivity index (χ2n) is 7.44. The summed E-state index contributed by atoms with van der Waals surface area (Å²) in [6.07, 6.45) is 9.06. The number of aromatic nitrogens is 4. The molecule has 0 radical (unpaired) electrons. The number of unbranched alkanes of at least 4 members (excludes halogenated alkanes) is 2. The highest BCUT2D eigenvalue weighted by atomic mass is 19.1. The first-order valence-electron chi connectivity index (χ1n) is 10.9. The molecule has 2 aromatic heterocycles. The summed E-state index contributed by atoms with van der Waals surface area (Å²) in [6.45, 7) is 4.13. The number of methoxy groups -OCH3 is 1. The molecule has 0 spiro atoms. The molecule has 1 unspecified atom stereocenters. The normalized spacial score (nSPS) is 12.7. The van der Waals surface area contributed by atoms with E-state index in [2.05, 4.69) is 26.2 Å². The smallest absolute Gasteiger partial charge is 0.434 e. The van der Waals surface area contributed by atoms with Crippen LogP contribution in [0, 0.1) is 18.4 Å². The highest BCUT2D eigenvalue weighted by molar-refractivity contribution is 5.96. The fourth-order valence-electron chi connectivity index (χ4n) is 3.01. The Balaban J connectivity index is 2.12. The number of hydrogen-bond donors (Lipinski definition) is 1. The molecule has 1 amide bonds. The molecule has 0 fully saturated rings. The van der Waals surface area contributed by atoms with Crippen molar-refractivity contribution in [3.05, 3.63) is 12.4 Å². The number of aryl methyl sites for hydroxylation is 1. The summed E-state index contributed by atoms with van der Waals surface area (Å²) >= 11 is 0. The van der Waals surface area contributed by atoms with Crippen molar-refractivity contribution in [3.63, 3.8) is 0 Å². The van der Waals surface area contributed by atoms with Crippen LogP contribution in [-0.4, -0.2) is 57.5 Å². The van der Waals surface area contributed by atoms with Gasteiger partial charge < -0.3 is 24.1 Å².